The number of hydrogen-bond donors (Lipinski definition) is 3. The van der Waals surface area contributed by atoms with Gasteiger partial charge in [-0.05, 0) is 24.6 Å². The molecule has 6 heteroatoms. The Morgan fingerprint density at radius 3 is 2.67 bits per heavy atom. The predicted octanol–water partition coefficient (Wildman–Crippen LogP) is 1.76. The molecule has 0 aliphatic rings. The summed E-state index contributed by atoms with van der Waals surface area (Å²) in [7, 11) is 0. The van der Waals surface area contributed by atoms with Crippen LogP contribution < -0.4 is 11.1 Å². The van der Waals surface area contributed by atoms with E-state index < -0.39 is 11.9 Å². The highest BCUT2D eigenvalue weighted by Crippen LogP contribution is 2.19. The summed E-state index contributed by atoms with van der Waals surface area (Å²) in [5.41, 5.74) is 6.28. The maximum Gasteiger partial charge on any atom is 0.308 e. The van der Waals surface area contributed by atoms with Crippen molar-refractivity contribution in [3.63, 3.8) is 0 Å². The second-order valence-corrected chi connectivity index (χ2v) is 4.30. The fourth-order valence-corrected chi connectivity index (χ4v) is 1.57. The van der Waals surface area contributed by atoms with Crippen LogP contribution in [0.15, 0.2) is 18.2 Å². The van der Waals surface area contributed by atoms with E-state index in [4.69, 9.17) is 22.4 Å². The third-order valence-electron chi connectivity index (χ3n) is 2.61. The molecule has 1 aromatic carbocycles. The summed E-state index contributed by atoms with van der Waals surface area (Å²) >= 11 is 5.80. The number of nitrogens with one attached hydrogen (secondary N) is 1. The van der Waals surface area contributed by atoms with Gasteiger partial charge in [-0.1, -0.05) is 18.5 Å². The maximum absolute atomic E-state index is 11.7. The quantitative estimate of drug-likeness (QED) is 0.711. The molecule has 1 rings (SSSR count). The number of anilines is 1. The molecule has 0 bridgehead atoms. The number of nitrogen functional groups attached to an aromatic ring is 1. The van der Waals surface area contributed by atoms with E-state index in [1.165, 1.54) is 18.2 Å². The summed E-state index contributed by atoms with van der Waals surface area (Å²) < 4.78 is 0. The molecule has 5 nitrogen and oxygen atoms in total. The van der Waals surface area contributed by atoms with Crippen LogP contribution >= 0.6 is 11.6 Å². The fraction of sp³-hybridized carbons (Fsp3) is 0.333. The van der Waals surface area contributed by atoms with Gasteiger partial charge in [-0.2, -0.15) is 0 Å². The second kappa shape index (κ2) is 6.26. The minimum absolute atomic E-state index is 0.0899. The third kappa shape index (κ3) is 3.63. The lowest BCUT2D eigenvalue weighted by Crippen LogP contribution is -2.32. The third-order valence-corrected chi connectivity index (χ3v) is 2.94. The summed E-state index contributed by atoms with van der Waals surface area (Å²) in [5.74, 6) is -1.87. The van der Waals surface area contributed by atoms with Crippen molar-refractivity contribution in [2.24, 2.45) is 5.92 Å². The van der Waals surface area contributed by atoms with Crippen LogP contribution in [0, 0.1) is 5.92 Å². The number of hydrogen-bond acceptors (Lipinski definition) is 3. The van der Waals surface area contributed by atoms with Gasteiger partial charge in [0.05, 0.1) is 16.6 Å². The zero-order valence-electron chi connectivity index (χ0n) is 9.94. The molecule has 1 atom stereocenters. The highest BCUT2D eigenvalue weighted by atomic mass is 35.5. The fourth-order valence-electron chi connectivity index (χ4n) is 1.39. The van der Waals surface area contributed by atoms with Gasteiger partial charge in [0.2, 0.25) is 0 Å². The molecule has 0 radical (unpaired) electrons. The first-order chi connectivity index (χ1) is 8.45. The molecule has 0 fully saturated rings. The minimum Gasteiger partial charge on any atom is -0.481 e. The van der Waals surface area contributed by atoms with Crippen molar-refractivity contribution in [2.75, 3.05) is 12.3 Å². The molecule has 4 N–H and O–H groups in total. The minimum atomic E-state index is -0.923. The lowest BCUT2D eigenvalue weighted by molar-refractivity contribution is -0.141. The molecule has 1 amide bonds. The van der Waals surface area contributed by atoms with E-state index in [0.29, 0.717) is 22.7 Å². The van der Waals surface area contributed by atoms with E-state index >= 15 is 0 Å². The molecular weight excluding hydrogens is 256 g/mol. The molecule has 0 aliphatic heterocycles. The van der Waals surface area contributed by atoms with Crippen molar-refractivity contribution in [2.45, 2.75) is 13.3 Å². The Bertz CT molecular complexity index is 463. The second-order valence-electron chi connectivity index (χ2n) is 3.89. The van der Waals surface area contributed by atoms with Gasteiger partial charge >= 0.3 is 5.97 Å². The Morgan fingerprint density at radius 1 is 1.50 bits per heavy atom. The number of carboxylic acids is 1. The number of nitrogens with two attached hydrogens (primary N) is 1. The SMILES string of the molecule is CCC(CNC(=O)c1ccc(N)c(Cl)c1)C(=O)O. The van der Waals surface area contributed by atoms with Crippen LogP contribution in [-0.4, -0.2) is 23.5 Å². The Balaban J connectivity index is 2.65. The van der Waals surface area contributed by atoms with Crippen molar-refractivity contribution in [1.82, 2.24) is 5.32 Å². The van der Waals surface area contributed by atoms with Crippen molar-refractivity contribution >= 4 is 29.2 Å². The largest absolute Gasteiger partial charge is 0.481 e. The number of carboxylic acid groups (broad SMARTS) is 1. The molecule has 0 saturated heterocycles. The topological polar surface area (TPSA) is 92.4 Å². The first-order valence-corrected chi connectivity index (χ1v) is 5.89. The molecule has 1 aromatic rings. The van der Waals surface area contributed by atoms with Crippen LogP contribution in [0.1, 0.15) is 23.7 Å². The van der Waals surface area contributed by atoms with Crippen LogP contribution in [0.2, 0.25) is 5.02 Å². The number of rotatable bonds is 5. The van der Waals surface area contributed by atoms with Gasteiger partial charge in [0, 0.05) is 12.1 Å². The first kappa shape index (κ1) is 14.3. The zero-order chi connectivity index (χ0) is 13.7. The average molecular weight is 271 g/mol. The number of halogens is 1. The van der Waals surface area contributed by atoms with E-state index in [1.807, 2.05) is 0 Å². The van der Waals surface area contributed by atoms with Gasteiger partial charge in [0.25, 0.3) is 5.91 Å². The monoisotopic (exact) mass is 270 g/mol. The normalized spacial score (nSPS) is 11.9. The first-order valence-electron chi connectivity index (χ1n) is 5.51. The number of carbonyl (C=O) groups excluding carboxylic acids is 1. The Hall–Kier alpha value is -1.75. The molecule has 0 spiro atoms. The summed E-state index contributed by atoms with van der Waals surface area (Å²) in [6.07, 6.45) is 0.456. The predicted molar refractivity (Wildman–Crippen MR) is 69.6 cm³/mol. The average Bonchev–Trinajstić information content (AvgIpc) is 2.32. The Morgan fingerprint density at radius 2 is 2.17 bits per heavy atom. The highest BCUT2D eigenvalue weighted by Gasteiger charge is 2.16. The van der Waals surface area contributed by atoms with Crippen LogP contribution in [0.3, 0.4) is 0 Å². The molecule has 18 heavy (non-hydrogen) atoms. The number of carbonyl (C=O) groups is 2. The standard InChI is InChI=1S/C12H15ClN2O3/c1-2-7(12(17)18)6-15-11(16)8-3-4-10(14)9(13)5-8/h3-5,7H,2,6,14H2,1H3,(H,15,16)(H,17,18). The van der Waals surface area contributed by atoms with Gasteiger partial charge in [-0.15, -0.1) is 0 Å². The molecule has 1 unspecified atom stereocenters. The van der Waals surface area contributed by atoms with Crippen molar-refractivity contribution < 1.29 is 14.7 Å². The van der Waals surface area contributed by atoms with Crippen LogP contribution in [0.25, 0.3) is 0 Å². The lowest BCUT2D eigenvalue weighted by Gasteiger charge is -2.11. The molecule has 0 saturated carbocycles. The highest BCUT2D eigenvalue weighted by molar-refractivity contribution is 6.33. The van der Waals surface area contributed by atoms with Gasteiger partial charge in [0.15, 0.2) is 0 Å². The molecule has 0 heterocycles. The smallest absolute Gasteiger partial charge is 0.308 e. The molecule has 0 aromatic heterocycles. The number of amides is 1. The van der Waals surface area contributed by atoms with E-state index in [9.17, 15) is 9.59 Å². The molecule has 98 valence electrons. The van der Waals surface area contributed by atoms with E-state index in [1.54, 1.807) is 6.92 Å². The number of benzene rings is 1. The Kier molecular flexibility index (Phi) is 4.97. The van der Waals surface area contributed by atoms with Crippen molar-refractivity contribution in [1.29, 1.82) is 0 Å². The lowest BCUT2D eigenvalue weighted by atomic mass is 10.1. The van der Waals surface area contributed by atoms with E-state index in [0.717, 1.165) is 0 Å². The van der Waals surface area contributed by atoms with Crippen LogP contribution in [0.4, 0.5) is 5.69 Å². The van der Waals surface area contributed by atoms with E-state index in [2.05, 4.69) is 5.32 Å². The summed E-state index contributed by atoms with van der Waals surface area (Å²) in [5, 5.41) is 11.7. The van der Waals surface area contributed by atoms with Crippen LogP contribution in [0.5, 0.6) is 0 Å². The summed E-state index contributed by atoms with van der Waals surface area (Å²) in [6.45, 7) is 1.84. The van der Waals surface area contributed by atoms with Gasteiger partial charge in [-0.3, -0.25) is 9.59 Å². The van der Waals surface area contributed by atoms with E-state index in [-0.39, 0.29) is 12.5 Å². The van der Waals surface area contributed by atoms with Gasteiger partial charge in [-0.25, -0.2) is 0 Å². The maximum atomic E-state index is 11.7. The van der Waals surface area contributed by atoms with Crippen molar-refractivity contribution in [3.8, 4) is 0 Å². The zero-order valence-corrected chi connectivity index (χ0v) is 10.7. The van der Waals surface area contributed by atoms with Gasteiger partial charge in [0.1, 0.15) is 0 Å². The summed E-state index contributed by atoms with van der Waals surface area (Å²) in [6, 6.07) is 4.53. The van der Waals surface area contributed by atoms with Crippen LogP contribution in [-0.2, 0) is 4.79 Å². The molecule has 0 aliphatic carbocycles. The Labute approximate surface area is 110 Å². The van der Waals surface area contributed by atoms with Crippen molar-refractivity contribution in [3.05, 3.63) is 28.8 Å². The summed E-state index contributed by atoms with van der Waals surface area (Å²) in [4.78, 5) is 22.5. The van der Waals surface area contributed by atoms with Gasteiger partial charge < -0.3 is 16.2 Å². The molecular formula is C12H15ClN2O3. The number of aliphatic carboxylic acids is 1.